The van der Waals surface area contributed by atoms with Gasteiger partial charge < -0.3 is 5.11 Å². The zero-order chi connectivity index (χ0) is 15.6. The zero-order valence-corrected chi connectivity index (χ0v) is 12.8. The number of aryl methyl sites for hydroxylation is 1. The van der Waals surface area contributed by atoms with Gasteiger partial charge in [-0.25, -0.2) is 8.42 Å². The lowest BCUT2D eigenvalue weighted by Gasteiger charge is -2.32. The van der Waals surface area contributed by atoms with Crippen molar-refractivity contribution in [1.29, 1.82) is 0 Å². The maximum atomic E-state index is 12.6. The second-order valence-electron chi connectivity index (χ2n) is 5.38. The summed E-state index contributed by atoms with van der Waals surface area (Å²) in [6.07, 6.45) is 0.418. The molecule has 0 radical (unpaired) electrons. The average molecular weight is 309 g/mol. The first kappa shape index (κ1) is 15.7. The van der Waals surface area contributed by atoms with Crippen molar-refractivity contribution in [2.24, 2.45) is 5.92 Å². The number of benzene rings is 1. The molecule has 1 fully saturated rings. The largest absolute Gasteiger partial charge is 0.481 e. The van der Waals surface area contributed by atoms with Gasteiger partial charge in [0.2, 0.25) is 10.0 Å². The molecule has 1 aromatic rings. The maximum absolute atomic E-state index is 12.6. The van der Waals surface area contributed by atoms with Gasteiger partial charge in [-0.2, -0.15) is 4.31 Å². The molecular weight excluding hydrogens is 290 g/mol. The lowest BCUT2D eigenvalue weighted by atomic mass is 9.91. The number of sulfonamides is 1. The fourth-order valence-corrected chi connectivity index (χ4v) is 3.92. The minimum atomic E-state index is -3.57. The molecule has 1 saturated heterocycles. The Kier molecular flexibility index (Phi) is 4.49. The summed E-state index contributed by atoms with van der Waals surface area (Å²) in [5.41, 5.74) is 1.80. The van der Waals surface area contributed by atoms with Gasteiger partial charge in [0.25, 0.3) is 0 Å². The van der Waals surface area contributed by atoms with Crippen LogP contribution in [0.4, 0.5) is 0 Å². The highest BCUT2D eigenvalue weighted by Gasteiger charge is 2.32. The van der Waals surface area contributed by atoms with Crippen molar-refractivity contribution < 1.29 is 18.3 Å². The minimum Gasteiger partial charge on any atom is -0.481 e. The Labute approximate surface area is 124 Å². The first-order valence-electron chi connectivity index (χ1n) is 6.77. The van der Waals surface area contributed by atoms with Crippen molar-refractivity contribution in [3.05, 3.63) is 42.0 Å². The molecule has 1 atom stereocenters. The van der Waals surface area contributed by atoms with E-state index in [1.807, 2.05) is 6.92 Å². The number of piperidine rings is 1. The third kappa shape index (κ3) is 3.51. The highest BCUT2D eigenvalue weighted by molar-refractivity contribution is 7.89. The second kappa shape index (κ2) is 5.99. The van der Waals surface area contributed by atoms with E-state index in [2.05, 4.69) is 6.58 Å². The number of aliphatic carboxylic acids is 1. The molecule has 0 aromatic heterocycles. The summed E-state index contributed by atoms with van der Waals surface area (Å²) < 4.78 is 26.5. The summed E-state index contributed by atoms with van der Waals surface area (Å²) >= 11 is 0. The van der Waals surface area contributed by atoms with E-state index in [0.717, 1.165) is 11.1 Å². The van der Waals surface area contributed by atoms with Gasteiger partial charge in [0.05, 0.1) is 11.3 Å². The van der Waals surface area contributed by atoms with Gasteiger partial charge in [-0.15, -0.1) is 0 Å². The van der Waals surface area contributed by atoms with Gasteiger partial charge in [0, 0.05) is 19.0 Å². The lowest BCUT2D eigenvalue weighted by Crippen LogP contribution is -2.41. The van der Waals surface area contributed by atoms with Crippen molar-refractivity contribution in [2.75, 3.05) is 13.1 Å². The van der Waals surface area contributed by atoms with Crippen LogP contribution in [0.3, 0.4) is 0 Å². The standard InChI is InChI=1S/C15H19NO4S/c1-11-3-5-14(6-4-11)21(19,20)16-8-7-12(2)13(10-16)9-15(17)18/h3-6,13H,2,7-10H2,1H3,(H,17,18). The summed E-state index contributed by atoms with van der Waals surface area (Å²) in [6, 6.07) is 6.68. The Morgan fingerprint density at radius 1 is 1.38 bits per heavy atom. The van der Waals surface area contributed by atoms with Crippen LogP contribution in [0.1, 0.15) is 18.4 Å². The number of carboxylic acid groups (broad SMARTS) is 1. The monoisotopic (exact) mass is 309 g/mol. The number of carboxylic acids is 1. The van der Waals surface area contributed by atoms with Crippen LogP contribution in [-0.4, -0.2) is 36.9 Å². The van der Waals surface area contributed by atoms with E-state index < -0.39 is 16.0 Å². The van der Waals surface area contributed by atoms with Gasteiger partial charge >= 0.3 is 5.97 Å². The molecule has 1 aliphatic heterocycles. The molecule has 6 heteroatoms. The number of carbonyl (C=O) groups is 1. The predicted molar refractivity (Wildman–Crippen MR) is 79.4 cm³/mol. The molecule has 0 aliphatic carbocycles. The van der Waals surface area contributed by atoms with E-state index in [4.69, 9.17) is 5.11 Å². The molecule has 1 unspecified atom stereocenters. The molecule has 2 rings (SSSR count). The fourth-order valence-electron chi connectivity index (χ4n) is 2.44. The van der Waals surface area contributed by atoms with Crippen LogP contribution in [0.5, 0.6) is 0 Å². The van der Waals surface area contributed by atoms with Gasteiger partial charge in [-0.05, 0) is 25.5 Å². The highest BCUT2D eigenvalue weighted by atomic mass is 32.2. The summed E-state index contributed by atoms with van der Waals surface area (Å²) in [5.74, 6) is -1.26. The molecule has 1 heterocycles. The lowest BCUT2D eigenvalue weighted by molar-refractivity contribution is -0.138. The van der Waals surface area contributed by atoms with Gasteiger partial charge in [-0.1, -0.05) is 29.8 Å². The maximum Gasteiger partial charge on any atom is 0.304 e. The van der Waals surface area contributed by atoms with E-state index in [1.54, 1.807) is 24.3 Å². The van der Waals surface area contributed by atoms with Gasteiger partial charge in [0.15, 0.2) is 0 Å². The normalized spacial score (nSPS) is 20.4. The minimum absolute atomic E-state index is 0.0846. The topological polar surface area (TPSA) is 74.7 Å². The van der Waals surface area contributed by atoms with Crippen LogP contribution < -0.4 is 0 Å². The van der Waals surface area contributed by atoms with Crippen LogP contribution in [0.2, 0.25) is 0 Å². The van der Waals surface area contributed by atoms with E-state index in [0.29, 0.717) is 13.0 Å². The van der Waals surface area contributed by atoms with E-state index in [1.165, 1.54) is 4.31 Å². The second-order valence-corrected chi connectivity index (χ2v) is 7.32. The van der Waals surface area contributed by atoms with Crippen molar-refractivity contribution in [3.63, 3.8) is 0 Å². The summed E-state index contributed by atoms with van der Waals surface area (Å²) in [5, 5.41) is 8.91. The zero-order valence-electron chi connectivity index (χ0n) is 11.9. The Morgan fingerprint density at radius 2 is 2.00 bits per heavy atom. The van der Waals surface area contributed by atoms with Crippen molar-refractivity contribution >= 4 is 16.0 Å². The average Bonchev–Trinajstić information content (AvgIpc) is 2.41. The SMILES string of the molecule is C=C1CCN(S(=O)(=O)c2ccc(C)cc2)CC1CC(=O)O. The van der Waals surface area contributed by atoms with Crippen molar-refractivity contribution in [1.82, 2.24) is 4.31 Å². The van der Waals surface area contributed by atoms with Gasteiger partial charge in [0.1, 0.15) is 0 Å². The molecule has 0 bridgehead atoms. The van der Waals surface area contributed by atoms with E-state index in [-0.39, 0.29) is 23.8 Å². The predicted octanol–water partition coefficient (Wildman–Crippen LogP) is 2.04. The number of rotatable bonds is 4. The van der Waals surface area contributed by atoms with E-state index in [9.17, 15) is 13.2 Å². The molecule has 1 aliphatic rings. The Hall–Kier alpha value is -1.66. The molecule has 0 saturated carbocycles. The summed E-state index contributed by atoms with van der Waals surface area (Å²) in [4.78, 5) is 11.1. The molecule has 114 valence electrons. The summed E-state index contributed by atoms with van der Waals surface area (Å²) in [6.45, 7) is 6.29. The van der Waals surface area contributed by atoms with Crippen LogP contribution >= 0.6 is 0 Å². The van der Waals surface area contributed by atoms with Crippen LogP contribution in [0.25, 0.3) is 0 Å². The smallest absolute Gasteiger partial charge is 0.304 e. The van der Waals surface area contributed by atoms with Crippen LogP contribution in [0, 0.1) is 12.8 Å². The Morgan fingerprint density at radius 3 is 2.57 bits per heavy atom. The molecule has 0 amide bonds. The fraction of sp³-hybridized carbons (Fsp3) is 0.400. The molecule has 1 N–H and O–H groups in total. The molecule has 21 heavy (non-hydrogen) atoms. The quantitative estimate of drug-likeness (QED) is 0.864. The molecule has 0 spiro atoms. The van der Waals surface area contributed by atoms with Crippen molar-refractivity contribution in [2.45, 2.75) is 24.7 Å². The Balaban J connectivity index is 2.22. The molecule has 5 nitrogen and oxygen atoms in total. The first-order valence-corrected chi connectivity index (χ1v) is 8.21. The van der Waals surface area contributed by atoms with Crippen LogP contribution in [0.15, 0.2) is 41.3 Å². The number of hydrogen-bond donors (Lipinski definition) is 1. The molecular formula is C15H19NO4S. The van der Waals surface area contributed by atoms with Crippen molar-refractivity contribution in [3.8, 4) is 0 Å². The van der Waals surface area contributed by atoms with Crippen LogP contribution in [-0.2, 0) is 14.8 Å². The number of hydrogen-bond acceptors (Lipinski definition) is 3. The molecule has 1 aromatic carbocycles. The summed E-state index contributed by atoms with van der Waals surface area (Å²) in [7, 11) is -3.57. The third-order valence-corrected chi connectivity index (χ3v) is 5.64. The highest BCUT2D eigenvalue weighted by Crippen LogP contribution is 2.28. The van der Waals surface area contributed by atoms with E-state index >= 15 is 0 Å². The first-order chi connectivity index (χ1) is 9.80. The number of nitrogens with zero attached hydrogens (tertiary/aromatic N) is 1. The van der Waals surface area contributed by atoms with Gasteiger partial charge in [-0.3, -0.25) is 4.79 Å². The third-order valence-electron chi connectivity index (χ3n) is 3.76. The Bertz CT molecular complexity index is 649.